The first kappa shape index (κ1) is 20.9. The highest BCUT2D eigenvalue weighted by Gasteiger charge is 2.23. The molecule has 0 aliphatic carbocycles. The number of hydrogen-bond acceptors (Lipinski definition) is 1. The minimum atomic E-state index is -0.331. The summed E-state index contributed by atoms with van der Waals surface area (Å²) in [6, 6.07) is 25.5. The maximum absolute atomic E-state index is 11.1. The van der Waals surface area contributed by atoms with Crippen molar-refractivity contribution >= 4 is 34.8 Å². The van der Waals surface area contributed by atoms with E-state index < -0.39 is 0 Å². The van der Waals surface area contributed by atoms with Gasteiger partial charge in [0.15, 0.2) is 0 Å². The number of rotatable bonds is 6. The molecule has 4 aromatic carbocycles. The summed E-state index contributed by atoms with van der Waals surface area (Å²) in [5.74, 6) is 1.67. The number of phenolic OH excluding ortho intramolecular Hbond substituents is 1. The fourth-order valence-corrected chi connectivity index (χ4v) is 7.60. The van der Waals surface area contributed by atoms with Crippen LogP contribution in [0.3, 0.4) is 0 Å². The van der Waals surface area contributed by atoms with Gasteiger partial charge in [0.05, 0.1) is 0 Å². The number of benzene rings is 4. The zero-order valence-electron chi connectivity index (χ0n) is 18.4. The van der Waals surface area contributed by atoms with E-state index in [-0.39, 0.29) is 7.92 Å². The minimum Gasteiger partial charge on any atom is -0.507 e. The molecule has 0 spiro atoms. The molecule has 0 fully saturated rings. The molecule has 0 unspecified atom stereocenters. The Hall–Kier alpha value is -2.37. The monoisotopic (exact) mass is 414 g/mol. The summed E-state index contributed by atoms with van der Waals surface area (Å²) >= 11 is 0. The van der Waals surface area contributed by atoms with E-state index >= 15 is 0 Å². The van der Waals surface area contributed by atoms with Crippen molar-refractivity contribution in [2.75, 3.05) is 12.3 Å². The Bertz CT molecular complexity index is 1170. The van der Waals surface area contributed by atoms with Crippen LogP contribution in [0.15, 0.2) is 72.8 Å². The summed E-state index contributed by atoms with van der Waals surface area (Å²) in [6.07, 6.45) is 2.43. The molecule has 4 rings (SSSR count). The first-order chi connectivity index (χ1) is 14.5. The van der Waals surface area contributed by atoms with Gasteiger partial charge in [-0.3, -0.25) is 0 Å². The van der Waals surface area contributed by atoms with E-state index in [0.29, 0.717) is 17.6 Å². The second-order valence-corrected chi connectivity index (χ2v) is 11.3. The Balaban J connectivity index is 2.08. The Kier molecular flexibility index (Phi) is 6.11. The normalized spacial score (nSPS) is 12.0. The van der Waals surface area contributed by atoms with E-state index in [1.54, 1.807) is 0 Å². The van der Waals surface area contributed by atoms with E-state index in [0.717, 1.165) is 10.9 Å². The van der Waals surface area contributed by atoms with E-state index in [1.807, 2.05) is 12.1 Å². The van der Waals surface area contributed by atoms with Gasteiger partial charge in [0, 0.05) is 11.1 Å². The highest BCUT2D eigenvalue weighted by molar-refractivity contribution is 7.66. The van der Waals surface area contributed by atoms with Gasteiger partial charge in [-0.25, -0.2) is 0 Å². The minimum absolute atomic E-state index is 0.331. The molecule has 4 aromatic rings. The van der Waals surface area contributed by atoms with E-state index in [4.69, 9.17) is 0 Å². The third-order valence-corrected chi connectivity index (χ3v) is 8.97. The molecule has 30 heavy (non-hydrogen) atoms. The van der Waals surface area contributed by atoms with Gasteiger partial charge in [-0.05, 0) is 57.1 Å². The van der Waals surface area contributed by atoms with Crippen LogP contribution in [0, 0.1) is 11.8 Å². The summed E-state index contributed by atoms with van der Waals surface area (Å²) < 4.78 is 0. The molecule has 0 bridgehead atoms. The van der Waals surface area contributed by atoms with Crippen LogP contribution in [0.5, 0.6) is 5.75 Å². The van der Waals surface area contributed by atoms with Crippen molar-refractivity contribution in [1.29, 1.82) is 0 Å². The van der Waals surface area contributed by atoms with Crippen LogP contribution in [0.4, 0.5) is 0 Å². The number of phenols is 1. The molecule has 2 heteroatoms. The lowest BCUT2D eigenvalue weighted by atomic mass is 9.93. The number of aromatic hydroxyl groups is 1. The lowest BCUT2D eigenvalue weighted by molar-refractivity contribution is 0.478. The summed E-state index contributed by atoms with van der Waals surface area (Å²) in [6.45, 7) is 9.30. The summed E-state index contributed by atoms with van der Waals surface area (Å²) in [5.41, 5.74) is 2.22. The van der Waals surface area contributed by atoms with Gasteiger partial charge in [0.2, 0.25) is 0 Å². The quantitative estimate of drug-likeness (QED) is 0.319. The average Bonchev–Trinajstić information content (AvgIpc) is 2.72. The summed E-state index contributed by atoms with van der Waals surface area (Å²) in [7, 11) is -0.331. The first-order valence-corrected chi connectivity index (χ1v) is 12.6. The third-order valence-electron chi connectivity index (χ3n) is 5.58. The van der Waals surface area contributed by atoms with Gasteiger partial charge in [-0.1, -0.05) is 102 Å². The molecule has 1 N–H and O–H groups in total. The molecular formula is C28H31OP. The van der Waals surface area contributed by atoms with Crippen LogP contribution >= 0.6 is 7.92 Å². The van der Waals surface area contributed by atoms with Crippen LogP contribution in [0.1, 0.15) is 27.7 Å². The highest BCUT2D eigenvalue weighted by atomic mass is 31.1. The van der Waals surface area contributed by atoms with Gasteiger partial charge in [-0.15, -0.1) is 0 Å². The van der Waals surface area contributed by atoms with Gasteiger partial charge in [-0.2, -0.15) is 0 Å². The molecule has 0 atom stereocenters. The van der Waals surface area contributed by atoms with Gasteiger partial charge < -0.3 is 5.11 Å². The summed E-state index contributed by atoms with van der Waals surface area (Å²) in [5, 5.41) is 17.3. The first-order valence-electron chi connectivity index (χ1n) is 10.9. The third kappa shape index (κ3) is 4.09. The van der Waals surface area contributed by atoms with Crippen molar-refractivity contribution in [3.8, 4) is 16.9 Å². The van der Waals surface area contributed by atoms with E-state index in [9.17, 15) is 5.11 Å². The molecule has 0 aliphatic heterocycles. The SMILES string of the molecule is CC(C)CP(CC(C)C)c1ccc2ccccc2c1-c1c(O)ccc2ccccc12. The predicted octanol–water partition coefficient (Wildman–Crippen LogP) is 7.78. The van der Waals surface area contributed by atoms with Crippen molar-refractivity contribution < 1.29 is 5.11 Å². The average molecular weight is 415 g/mol. The van der Waals surface area contributed by atoms with Crippen LogP contribution in [-0.4, -0.2) is 17.4 Å². The van der Waals surface area contributed by atoms with Gasteiger partial charge in [0.1, 0.15) is 5.75 Å². The standard InChI is InChI=1S/C28H31OP/c1-19(2)17-30(18-20(3)4)26-16-14-22-10-6-8-12-24(22)28(26)27-23-11-7-5-9-21(23)13-15-25(27)29/h5-16,19-20,29H,17-18H2,1-4H3. The highest BCUT2D eigenvalue weighted by Crippen LogP contribution is 2.47. The molecule has 0 amide bonds. The molecule has 0 saturated heterocycles. The zero-order chi connectivity index (χ0) is 21.3. The van der Waals surface area contributed by atoms with Crippen molar-refractivity contribution in [1.82, 2.24) is 0 Å². The molecule has 0 heterocycles. The zero-order valence-corrected chi connectivity index (χ0v) is 19.3. The van der Waals surface area contributed by atoms with Crippen LogP contribution in [0.2, 0.25) is 0 Å². The Labute approximate surface area is 181 Å². The second kappa shape index (κ2) is 8.78. The van der Waals surface area contributed by atoms with Crippen molar-refractivity contribution in [2.24, 2.45) is 11.8 Å². The largest absolute Gasteiger partial charge is 0.507 e. The number of hydrogen-bond donors (Lipinski definition) is 1. The molecule has 0 aromatic heterocycles. The smallest absolute Gasteiger partial charge is 0.124 e. The molecule has 0 aliphatic rings. The van der Waals surface area contributed by atoms with Crippen molar-refractivity contribution in [2.45, 2.75) is 27.7 Å². The molecule has 0 radical (unpaired) electrons. The molecule has 154 valence electrons. The van der Waals surface area contributed by atoms with Crippen molar-refractivity contribution in [3.05, 3.63) is 72.8 Å². The van der Waals surface area contributed by atoms with Crippen LogP contribution in [0.25, 0.3) is 32.7 Å². The maximum atomic E-state index is 11.1. The van der Waals surface area contributed by atoms with E-state index in [1.165, 1.54) is 39.4 Å². The fourth-order valence-electron chi connectivity index (χ4n) is 4.46. The summed E-state index contributed by atoms with van der Waals surface area (Å²) in [4.78, 5) is 0. The predicted molar refractivity (Wildman–Crippen MR) is 135 cm³/mol. The van der Waals surface area contributed by atoms with E-state index in [2.05, 4.69) is 88.4 Å². The van der Waals surface area contributed by atoms with Crippen LogP contribution < -0.4 is 5.30 Å². The topological polar surface area (TPSA) is 20.2 Å². The second-order valence-electron chi connectivity index (χ2n) is 9.05. The Morgan fingerprint density at radius 3 is 1.70 bits per heavy atom. The fraction of sp³-hybridized carbons (Fsp3) is 0.286. The van der Waals surface area contributed by atoms with Gasteiger partial charge >= 0.3 is 0 Å². The van der Waals surface area contributed by atoms with Gasteiger partial charge in [0.25, 0.3) is 0 Å². The molecule has 1 nitrogen and oxygen atoms in total. The lowest BCUT2D eigenvalue weighted by Crippen LogP contribution is -2.15. The maximum Gasteiger partial charge on any atom is 0.124 e. The Morgan fingerprint density at radius 1 is 0.633 bits per heavy atom. The van der Waals surface area contributed by atoms with Crippen molar-refractivity contribution in [3.63, 3.8) is 0 Å². The number of fused-ring (bicyclic) bond motifs is 2. The van der Waals surface area contributed by atoms with Crippen LogP contribution in [-0.2, 0) is 0 Å². The lowest BCUT2D eigenvalue weighted by Gasteiger charge is -2.26. The Morgan fingerprint density at radius 2 is 1.13 bits per heavy atom. The molecular weight excluding hydrogens is 383 g/mol. The molecule has 0 saturated carbocycles.